The average Bonchev–Trinajstić information content (AvgIpc) is 2.39. The molecule has 100 valence electrons. The highest BCUT2D eigenvalue weighted by Crippen LogP contribution is 2.26. The summed E-state index contributed by atoms with van der Waals surface area (Å²) in [4.78, 5) is 0. The van der Waals surface area contributed by atoms with Crippen LogP contribution in [0.3, 0.4) is 0 Å². The second-order valence-corrected chi connectivity index (χ2v) is 5.52. The van der Waals surface area contributed by atoms with Crippen molar-refractivity contribution in [1.82, 2.24) is 0 Å². The number of aryl methyl sites for hydroxylation is 1. The average molecular weight is 247 g/mol. The number of rotatable bonds is 5. The van der Waals surface area contributed by atoms with Crippen LogP contribution in [-0.4, -0.2) is 12.7 Å². The van der Waals surface area contributed by atoms with Crippen molar-refractivity contribution in [2.75, 3.05) is 12.3 Å². The lowest BCUT2D eigenvalue weighted by molar-refractivity contribution is -0.00578. The molecule has 0 amide bonds. The van der Waals surface area contributed by atoms with Crippen LogP contribution in [0.2, 0.25) is 0 Å². The quantitative estimate of drug-likeness (QED) is 0.634. The van der Waals surface area contributed by atoms with E-state index < -0.39 is 0 Å². The van der Waals surface area contributed by atoms with E-state index in [1.165, 1.54) is 31.2 Å². The Bertz CT molecular complexity index is 347. The van der Waals surface area contributed by atoms with E-state index in [4.69, 9.17) is 10.5 Å². The molecule has 0 aliphatic heterocycles. The molecule has 18 heavy (non-hydrogen) atoms. The van der Waals surface area contributed by atoms with E-state index in [9.17, 15) is 0 Å². The Hall–Kier alpha value is -1.02. The topological polar surface area (TPSA) is 35.2 Å². The maximum absolute atomic E-state index is 6.02. The predicted molar refractivity (Wildman–Crippen MR) is 76.5 cm³/mol. The second-order valence-electron chi connectivity index (χ2n) is 5.52. The van der Waals surface area contributed by atoms with Crippen molar-refractivity contribution in [2.24, 2.45) is 5.92 Å². The fourth-order valence-electron chi connectivity index (χ4n) is 2.73. The third-order valence-corrected chi connectivity index (χ3v) is 3.95. The minimum absolute atomic E-state index is 0.505. The van der Waals surface area contributed by atoms with Gasteiger partial charge in [-0.3, -0.25) is 0 Å². The number of ether oxygens (including phenoxy) is 1. The fourth-order valence-corrected chi connectivity index (χ4v) is 2.73. The van der Waals surface area contributed by atoms with Gasteiger partial charge in [0, 0.05) is 12.3 Å². The third kappa shape index (κ3) is 4.02. The van der Waals surface area contributed by atoms with Gasteiger partial charge in [-0.2, -0.15) is 0 Å². The van der Waals surface area contributed by atoms with Crippen LogP contribution in [0.25, 0.3) is 0 Å². The zero-order valence-corrected chi connectivity index (χ0v) is 11.4. The van der Waals surface area contributed by atoms with Crippen LogP contribution in [0.5, 0.6) is 0 Å². The van der Waals surface area contributed by atoms with Gasteiger partial charge in [-0.05, 0) is 49.3 Å². The van der Waals surface area contributed by atoms with Crippen LogP contribution in [0.1, 0.15) is 44.6 Å². The van der Waals surface area contributed by atoms with Crippen LogP contribution < -0.4 is 5.73 Å². The highest BCUT2D eigenvalue weighted by molar-refractivity contribution is 5.39. The van der Waals surface area contributed by atoms with Crippen molar-refractivity contribution < 1.29 is 4.74 Å². The second kappa shape index (κ2) is 6.79. The fraction of sp³-hybridized carbons (Fsp3) is 0.625. The first kappa shape index (κ1) is 13.4. The summed E-state index contributed by atoms with van der Waals surface area (Å²) in [5, 5.41) is 0. The zero-order chi connectivity index (χ0) is 12.8. The minimum atomic E-state index is 0.505. The summed E-state index contributed by atoms with van der Waals surface area (Å²) in [6, 6.07) is 8.16. The smallest absolute Gasteiger partial charge is 0.0600 e. The Morgan fingerprint density at radius 1 is 1.17 bits per heavy atom. The Morgan fingerprint density at radius 2 is 1.89 bits per heavy atom. The van der Waals surface area contributed by atoms with Crippen LogP contribution in [0.15, 0.2) is 24.3 Å². The molecule has 2 heteroatoms. The lowest BCUT2D eigenvalue weighted by atomic mass is 9.88. The molecule has 2 nitrogen and oxygen atoms in total. The largest absolute Gasteiger partial charge is 0.399 e. The van der Waals surface area contributed by atoms with E-state index in [0.29, 0.717) is 6.10 Å². The number of benzene rings is 1. The first-order chi connectivity index (χ1) is 8.75. The standard InChI is InChI=1S/C16H25NO/c1-13-5-2-3-7-16(13)18-12-4-6-14-8-10-15(17)11-9-14/h8-11,13,16H,2-7,12,17H2,1H3. The normalized spacial score (nSPS) is 24.1. The van der Waals surface area contributed by atoms with Gasteiger partial charge in [0.1, 0.15) is 0 Å². The molecule has 1 aromatic carbocycles. The zero-order valence-electron chi connectivity index (χ0n) is 11.4. The Balaban J connectivity index is 1.65. The van der Waals surface area contributed by atoms with Crippen LogP contribution >= 0.6 is 0 Å². The molecule has 2 rings (SSSR count). The summed E-state index contributed by atoms with van der Waals surface area (Å²) in [5.74, 6) is 0.746. The Kier molecular flexibility index (Phi) is 5.06. The summed E-state index contributed by atoms with van der Waals surface area (Å²) >= 11 is 0. The highest BCUT2D eigenvalue weighted by atomic mass is 16.5. The molecule has 0 heterocycles. The van der Waals surface area contributed by atoms with E-state index in [1.807, 2.05) is 12.1 Å². The molecule has 1 aliphatic rings. The molecule has 2 atom stereocenters. The summed E-state index contributed by atoms with van der Waals surface area (Å²) in [6.07, 6.45) is 8.00. The summed E-state index contributed by atoms with van der Waals surface area (Å²) in [5.41, 5.74) is 7.86. The summed E-state index contributed by atoms with van der Waals surface area (Å²) in [6.45, 7) is 3.21. The SMILES string of the molecule is CC1CCCCC1OCCCc1ccc(N)cc1. The Morgan fingerprint density at radius 3 is 2.61 bits per heavy atom. The summed E-state index contributed by atoms with van der Waals surface area (Å²) < 4.78 is 6.02. The monoisotopic (exact) mass is 247 g/mol. The minimum Gasteiger partial charge on any atom is -0.399 e. The predicted octanol–water partition coefficient (Wildman–Crippen LogP) is 3.80. The van der Waals surface area contributed by atoms with E-state index in [-0.39, 0.29) is 0 Å². The third-order valence-electron chi connectivity index (χ3n) is 3.95. The van der Waals surface area contributed by atoms with E-state index >= 15 is 0 Å². The summed E-state index contributed by atoms with van der Waals surface area (Å²) in [7, 11) is 0. The number of hydrogen-bond donors (Lipinski definition) is 1. The highest BCUT2D eigenvalue weighted by Gasteiger charge is 2.21. The molecule has 1 saturated carbocycles. The van der Waals surface area contributed by atoms with E-state index in [0.717, 1.165) is 31.1 Å². The van der Waals surface area contributed by atoms with Gasteiger partial charge in [-0.1, -0.05) is 31.9 Å². The van der Waals surface area contributed by atoms with Crippen molar-refractivity contribution in [3.8, 4) is 0 Å². The molecule has 1 aromatic rings. The lowest BCUT2D eigenvalue weighted by Gasteiger charge is -2.28. The van der Waals surface area contributed by atoms with Gasteiger partial charge in [-0.15, -0.1) is 0 Å². The van der Waals surface area contributed by atoms with Crippen molar-refractivity contribution in [3.05, 3.63) is 29.8 Å². The molecule has 1 aliphatic carbocycles. The number of nitrogens with two attached hydrogens (primary N) is 1. The van der Waals surface area contributed by atoms with Gasteiger partial charge in [0.15, 0.2) is 0 Å². The molecule has 1 fully saturated rings. The Labute approximate surface area is 111 Å². The molecule has 0 bridgehead atoms. The van der Waals surface area contributed by atoms with E-state index in [1.54, 1.807) is 0 Å². The van der Waals surface area contributed by atoms with Crippen molar-refractivity contribution >= 4 is 5.69 Å². The molecule has 2 N–H and O–H groups in total. The van der Waals surface area contributed by atoms with Gasteiger partial charge in [0.25, 0.3) is 0 Å². The maximum Gasteiger partial charge on any atom is 0.0600 e. The van der Waals surface area contributed by atoms with Crippen molar-refractivity contribution in [3.63, 3.8) is 0 Å². The van der Waals surface area contributed by atoms with Crippen LogP contribution in [0, 0.1) is 5.92 Å². The maximum atomic E-state index is 6.02. The number of hydrogen-bond acceptors (Lipinski definition) is 2. The molecule has 0 aromatic heterocycles. The number of anilines is 1. The first-order valence-corrected chi connectivity index (χ1v) is 7.22. The van der Waals surface area contributed by atoms with Gasteiger partial charge >= 0.3 is 0 Å². The molecular formula is C16H25NO. The number of nitrogen functional groups attached to an aromatic ring is 1. The van der Waals surface area contributed by atoms with Gasteiger partial charge in [0.2, 0.25) is 0 Å². The molecule has 0 saturated heterocycles. The molecule has 0 radical (unpaired) electrons. The first-order valence-electron chi connectivity index (χ1n) is 7.22. The molecule has 2 unspecified atom stereocenters. The van der Waals surface area contributed by atoms with E-state index in [2.05, 4.69) is 19.1 Å². The van der Waals surface area contributed by atoms with Gasteiger partial charge < -0.3 is 10.5 Å². The van der Waals surface area contributed by atoms with Gasteiger partial charge in [0.05, 0.1) is 6.10 Å². The van der Waals surface area contributed by atoms with Crippen molar-refractivity contribution in [2.45, 2.75) is 51.6 Å². The van der Waals surface area contributed by atoms with Gasteiger partial charge in [-0.25, -0.2) is 0 Å². The molecule has 0 spiro atoms. The van der Waals surface area contributed by atoms with Crippen LogP contribution in [0.4, 0.5) is 5.69 Å². The van der Waals surface area contributed by atoms with Crippen LogP contribution in [-0.2, 0) is 11.2 Å². The molecular weight excluding hydrogens is 222 g/mol. The lowest BCUT2D eigenvalue weighted by Crippen LogP contribution is -2.26. The van der Waals surface area contributed by atoms with Crippen molar-refractivity contribution in [1.29, 1.82) is 0 Å².